The summed E-state index contributed by atoms with van der Waals surface area (Å²) < 4.78 is 27.6. The third kappa shape index (κ3) is 8.81. The Morgan fingerprint density at radius 2 is 1.38 bits per heavy atom. The summed E-state index contributed by atoms with van der Waals surface area (Å²) in [5, 5.41) is 29.8. The van der Waals surface area contributed by atoms with Crippen LogP contribution in [0.1, 0.15) is 36.1 Å². The highest BCUT2D eigenvalue weighted by molar-refractivity contribution is 6.06. The van der Waals surface area contributed by atoms with Crippen molar-refractivity contribution in [3.8, 4) is 23.0 Å². The Morgan fingerprint density at radius 1 is 0.750 bits per heavy atom. The Kier molecular flexibility index (Phi) is 12.4. The SMILES string of the molecule is Cc1ccc(N(COC=O)CC(=O)O)c(OCCOc2cc(C3=C4C=CC(=O)C=C4C(C)(C)c4cc(O)ccc43)c(OC=O)cc2N(COC=O)CC(=O)O)c1. The topological polar surface area (TPSA) is 216 Å². The highest BCUT2D eigenvalue weighted by atomic mass is 16.5. The van der Waals surface area contributed by atoms with Gasteiger partial charge in [-0.25, -0.2) is 0 Å². The first-order valence-corrected chi connectivity index (χ1v) is 17.0. The molecule has 0 radical (unpaired) electrons. The second kappa shape index (κ2) is 17.4. The van der Waals surface area contributed by atoms with Gasteiger partial charge in [0.2, 0.25) is 0 Å². The first kappa shape index (κ1) is 40.1. The molecule has 0 spiro atoms. The molecule has 3 N–H and O–H groups in total. The Labute approximate surface area is 320 Å². The number of fused-ring (bicyclic) bond motifs is 2. The van der Waals surface area contributed by atoms with Gasteiger partial charge >= 0.3 is 11.9 Å². The van der Waals surface area contributed by atoms with Crippen LogP contribution in [0.3, 0.4) is 0 Å². The monoisotopic (exact) mass is 770 g/mol. The number of hydrogen-bond donors (Lipinski definition) is 3. The Morgan fingerprint density at radius 3 is 1.98 bits per heavy atom. The van der Waals surface area contributed by atoms with Gasteiger partial charge in [-0.1, -0.05) is 32.1 Å². The fourth-order valence-corrected chi connectivity index (χ4v) is 6.63. The number of nitrogens with zero attached hydrogens (tertiary/aromatic N) is 2. The third-order valence-electron chi connectivity index (χ3n) is 9.03. The summed E-state index contributed by atoms with van der Waals surface area (Å²) in [5.41, 5.74) is 3.76. The van der Waals surface area contributed by atoms with Crippen molar-refractivity contribution in [2.45, 2.75) is 26.2 Å². The molecule has 0 amide bonds. The fraction of sp³-hybridized carbons (Fsp3) is 0.250. The van der Waals surface area contributed by atoms with Gasteiger partial charge in [-0.3, -0.25) is 28.8 Å². The number of carboxylic acid groups (broad SMARTS) is 2. The summed E-state index contributed by atoms with van der Waals surface area (Å²) in [5.74, 6) is -2.46. The first-order valence-electron chi connectivity index (χ1n) is 17.0. The molecule has 16 heteroatoms. The number of carboxylic acids is 2. The number of hydrogen-bond acceptors (Lipinski definition) is 14. The van der Waals surface area contributed by atoms with Crippen molar-refractivity contribution in [3.63, 3.8) is 0 Å². The Balaban J connectivity index is 1.62. The van der Waals surface area contributed by atoms with Crippen LogP contribution in [0.4, 0.5) is 11.4 Å². The molecule has 56 heavy (non-hydrogen) atoms. The van der Waals surface area contributed by atoms with Crippen molar-refractivity contribution in [1.29, 1.82) is 0 Å². The summed E-state index contributed by atoms with van der Waals surface area (Å²) in [4.78, 5) is 72.8. The smallest absolute Gasteiger partial charge is 0.323 e. The van der Waals surface area contributed by atoms with Gasteiger partial charge in [-0.05, 0) is 77.2 Å². The van der Waals surface area contributed by atoms with Crippen molar-refractivity contribution in [1.82, 2.24) is 0 Å². The first-order chi connectivity index (χ1) is 26.8. The van der Waals surface area contributed by atoms with Crippen LogP contribution < -0.4 is 24.0 Å². The van der Waals surface area contributed by atoms with E-state index in [1.165, 1.54) is 40.2 Å². The van der Waals surface area contributed by atoms with Crippen LogP contribution in [0.25, 0.3) is 5.57 Å². The largest absolute Gasteiger partial charge is 0.508 e. The van der Waals surface area contributed by atoms with E-state index < -0.39 is 37.2 Å². The van der Waals surface area contributed by atoms with Crippen molar-refractivity contribution in [2.75, 3.05) is 49.6 Å². The van der Waals surface area contributed by atoms with Gasteiger partial charge in [0.15, 0.2) is 19.2 Å². The van der Waals surface area contributed by atoms with E-state index in [-0.39, 0.29) is 73.8 Å². The van der Waals surface area contributed by atoms with E-state index in [4.69, 9.17) is 23.7 Å². The number of phenols is 1. The minimum absolute atomic E-state index is 0.0137. The van der Waals surface area contributed by atoms with Gasteiger partial charge in [-0.2, -0.15) is 0 Å². The number of aromatic hydroxyl groups is 1. The molecule has 0 saturated carbocycles. The molecule has 3 aromatic carbocycles. The molecule has 0 bridgehead atoms. The van der Waals surface area contributed by atoms with Crippen LogP contribution in [0.5, 0.6) is 23.0 Å². The van der Waals surface area contributed by atoms with Crippen molar-refractivity contribution >= 4 is 54.1 Å². The fourth-order valence-electron chi connectivity index (χ4n) is 6.63. The number of ketones is 1. The molecule has 0 unspecified atom stereocenters. The minimum atomic E-state index is -1.29. The van der Waals surface area contributed by atoms with Crippen LogP contribution >= 0.6 is 0 Å². The molecule has 2 aliphatic rings. The molecule has 0 fully saturated rings. The highest BCUT2D eigenvalue weighted by Gasteiger charge is 2.39. The number of anilines is 2. The number of allylic oxidation sites excluding steroid dienone is 5. The average Bonchev–Trinajstić information content (AvgIpc) is 3.15. The molecule has 292 valence electrons. The van der Waals surface area contributed by atoms with Gasteiger partial charge in [0, 0.05) is 22.6 Å². The summed E-state index contributed by atoms with van der Waals surface area (Å²) in [6, 6.07) is 12.7. The predicted octanol–water partition coefficient (Wildman–Crippen LogP) is 3.90. The second-order valence-corrected chi connectivity index (χ2v) is 13.1. The molecule has 0 aromatic heterocycles. The van der Waals surface area contributed by atoms with Gasteiger partial charge in [-0.15, -0.1) is 0 Å². The van der Waals surface area contributed by atoms with E-state index >= 15 is 0 Å². The van der Waals surface area contributed by atoms with Crippen molar-refractivity contribution < 1.29 is 67.8 Å². The number of carbonyl (C=O) groups is 6. The number of aliphatic carboxylic acids is 2. The van der Waals surface area contributed by atoms with E-state index in [2.05, 4.69) is 0 Å². The van der Waals surface area contributed by atoms with E-state index in [9.17, 15) is 44.1 Å². The third-order valence-corrected chi connectivity index (χ3v) is 9.03. The molecule has 2 aliphatic carbocycles. The van der Waals surface area contributed by atoms with Crippen LogP contribution in [0.2, 0.25) is 0 Å². The minimum Gasteiger partial charge on any atom is -0.508 e. The molecule has 0 aliphatic heterocycles. The quantitative estimate of drug-likeness (QED) is 0.0844. The molecule has 0 saturated heterocycles. The molecule has 5 rings (SSSR count). The second-order valence-electron chi connectivity index (χ2n) is 13.1. The Hall–Kier alpha value is -7.10. The van der Waals surface area contributed by atoms with Gasteiger partial charge in [0.05, 0.1) is 11.4 Å². The van der Waals surface area contributed by atoms with Gasteiger partial charge < -0.3 is 48.8 Å². The van der Waals surface area contributed by atoms with Crippen LogP contribution in [-0.2, 0) is 43.7 Å². The lowest BCUT2D eigenvalue weighted by Crippen LogP contribution is -2.32. The maximum Gasteiger partial charge on any atom is 0.323 e. The zero-order valence-corrected chi connectivity index (χ0v) is 30.6. The zero-order valence-electron chi connectivity index (χ0n) is 30.6. The molecule has 0 atom stereocenters. The van der Waals surface area contributed by atoms with E-state index in [1.54, 1.807) is 43.3 Å². The standard InChI is InChI=1S/C40H38N2O14/c1-24-4-9-32(41(17-37(48)49)19-52-21-43)35(12-24)54-10-11-55-36-15-29(34(56-23-45)16-33(36)42(18-38(50)51)20-53-22-44)39-27-7-5-25(46)13-30(27)40(2,3)31-14-26(47)6-8-28(31)39/h4-9,12-16,21-23,46H,10-11,17-20H2,1-3H3,(H,48,49)(H,50,51). The Bertz CT molecular complexity index is 2150. The number of aryl methyl sites for hydroxylation is 1. The number of phenolic OH excluding ortho intramolecular Hbond substituents is 1. The molecular formula is C40H38N2O14. The van der Waals surface area contributed by atoms with Crippen LogP contribution in [0, 0.1) is 6.92 Å². The van der Waals surface area contributed by atoms with E-state index in [0.717, 1.165) is 5.56 Å². The maximum absolute atomic E-state index is 12.7. The van der Waals surface area contributed by atoms with Gasteiger partial charge in [0.1, 0.15) is 49.3 Å². The van der Waals surface area contributed by atoms with Crippen molar-refractivity contribution in [3.05, 3.63) is 100 Å². The summed E-state index contributed by atoms with van der Waals surface area (Å²) in [6.45, 7) is 3.75. The number of benzene rings is 3. The molecule has 16 nitrogen and oxygen atoms in total. The van der Waals surface area contributed by atoms with Crippen LogP contribution in [-0.4, -0.2) is 92.2 Å². The lowest BCUT2D eigenvalue weighted by atomic mass is 9.64. The lowest BCUT2D eigenvalue weighted by Gasteiger charge is -2.39. The number of ether oxygens (including phenoxy) is 5. The normalized spacial score (nSPS) is 13.7. The summed E-state index contributed by atoms with van der Waals surface area (Å²) >= 11 is 0. The van der Waals surface area contributed by atoms with E-state index in [0.29, 0.717) is 39.1 Å². The maximum atomic E-state index is 12.7. The molecule has 3 aromatic rings. The summed E-state index contributed by atoms with van der Waals surface area (Å²) in [6.07, 6.45) is 4.55. The van der Waals surface area contributed by atoms with E-state index in [1.807, 2.05) is 13.8 Å². The number of rotatable bonds is 20. The zero-order chi connectivity index (χ0) is 40.6. The van der Waals surface area contributed by atoms with Gasteiger partial charge in [0.25, 0.3) is 19.4 Å². The lowest BCUT2D eigenvalue weighted by molar-refractivity contribution is -0.137. The van der Waals surface area contributed by atoms with Crippen molar-refractivity contribution in [2.24, 2.45) is 0 Å². The highest BCUT2D eigenvalue weighted by Crippen LogP contribution is 2.53. The molecular weight excluding hydrogens is 732 g/mol. The predicted molar refractivity (Wildman–Crippen MR) is 199 cm³/mol. The van der Waals surface area contributed by atoms with Crippen LogP contribution in [0.15, 0.2) is 77.9 Å². The summed E-state index contributed by atoms with van der Waals surface area (Å²) in [7, 11) is 0. The average molecular weight is 771 g/mol. The number of carbonyl (C=O) groups excluding carboxylic acids is 4. The molecule has 0 heterocycles.